The first-order valence-electron chi connectivity index (χ1n) is 6.68. The van der Waals surface area contributed by atoms with E-state index in [2.05, 4.69) is 10.2 Å². The second-order valence-corrected chi connectivity index (χ2v) is 5.58. The Bertz CT molecular complexity index is 246. The number of carbonyl (C=O) groups excluding carboxylic acids is 1. The Morgan fingerprint density at radius 2 is 1.88 bits per heavy atom. The van der Waals surface area contributed by atoms with E-state index in [4.69, 9.17) is 0 Å². The summed E-state index contributed by atoms with van der Waals surface area (Å²) in [6.45, 7) is 8.34. The third-order valence-corrected chi connectivity index (χ3v) is 4.08. The number of carbonyl (C=O) groups is 1. The first kappa shape index (κ1) is 11.9. The van der Waals surface area contributed by atoms with Gasteiger partial charge in [0.2, 0.25) is 5.91 Å². The van der Waals surface area contributed by atoms with E-state index in [0.717, 1.165) is 24.9 Å². The van der Waals surface area contributed by atoms with Crippen molar-refractivity contribution in [3.63, 3.8) is 0 Å². The molecule has 92 valence electrons. The third-order valence-electron chi connectivity index (χ3n) is 4.08. The minimum absolute atomic E-state index is 0.159. The fraction of sp³-hybridized carbons (Fsp3) is 0.923. The number of likely N-dealkylation sites (tertiary alicyclic amines) is 1. The highest BCUT2D eigenvalue weighted by Crippen LogP contribution is 2.30. The molecule has 2 rings (SSSR count). The predicted octanol–water partition coefficient (Wildman–Crippen LogP) is 1.49. The van der Waals surface area contributed by atoms with Crippen LogP contribution in [-0.2, 0) is 4.79 Å². The van der Waals surface area contributed by atoms with Crippen LogP contribution in [0.4, 0.5) is 0 Å². The van der Waals surface area contributed by atoms with Crippen molar-refractivity contribution in [2.75, 3.05) is 26.2 Å². The van der Waals surface area contributed by atoms with Crippen molar-refractivity contribution in [2.45, 2.75) is 33.1 Å². The van der Waals surface area contributed by atoms with Gasteiger partial charge in [-0.2, -0.15) is 0 Å². The predicted molar refractivity (Wildman–Crippen MR) is 65.1 cm³/mol. The summed E-state index contributed by atoms with van der Waals surface area (Å²) in [5.74, 6) is 2.12. The minimum atomic E-state index is 0.159. The minimum Gasteiger partial charge on any atom is -0.342 e. The van der Waals surface area contributed by atoms with Gasteiger partial charge in [-0.1, -0.05) is 13.8 Å². The zero-order valence-corrected chi connectivity index (χ0v) is 10.5. The summed E-state index contributed by atoms with van der Waals surface area (Å²) < 4.78 is 0. The summed E-state index contributed by atoms with van der Waals surface area (Å²) >= 11 is 0. The van der Waals surface area contributed by atoms with Crippen LogP contribution in [0.3, 0.4) is 0 Å². The van der Waals surface area contributed by atoms with Crippen molar-refractivity contribution in [1.29, 1.82) is 0 Å². The van der Waals surface area contributed by atoms with Crippen LogP contribution in [-0.4, -0.2) is 37.0 Å². The third kappa shape index (κ3) is 2.57. The zero-order valence-electron chi connectivity index (χ0n) is 10.5. The Labute approximate surface area is 98.6 Å². The maximum atomic E-state index is 11.9. The molecule has 0 aromatic heterocycles. The lowest BCUT2D eigenvalue weighted by atomic mass is 9.84. The molecule has 3 heteroatoms. The van der Waals surface area contributed by atoms with Crippen molar-refractivity contribution in [1.82, 2.24) is 10.2 Å². The first-order valence-corrected chi connectivity index (χ1v) is 6.68. The van der Waals surface area contributed by atoms with Gasteiger partial charge in [0.1, 0.15) is 0 Å². The molecule has 16 heavy (non-hydrogen) atoms. The molecule has 0 radical (unpaired) electrons. The van der Waals surface area contributed by atoms with Crippen LogP contribution in [0.25, 0.3) is 0 Å². The molecule has 0 bridgehead atoms. The lowest BCUT2D eigenvalue weighted by molar-refractivity contribution is -0.133. The fourth-order valence-electron chi connectivity index (χ4n) is 3.05. The summed E-state index contributed by atoms with van der Waals surface area (Å²) in [5, 5.41) is 3.41. The maximum Gasteiger partial charge on any atom is 0.225 e. The van der Waals surface area contributed by atoms with E-state index < -0.39 is 0 Å². The molecule has 1 unspecified atom stereocenters. The van der Waals surface area contributed by atoms with E-state index in [1.165, 1.54) is 32.4 Å². The number of rotatable bonds is 2. The second kappa shape index (κ2) is 5.17. The van der Waals surface area contributed by atoms with Crippen molar-refractivity contribution in [2.24, 2.45) is 17.8 Å². The van der Waals surface area contributed by atoms with Crippen molar-refractivity contribution in [3.05, 3.63) is 0 Å². The van der Waals surface area contributed by atoms with Crippen LogP contribution < -0.4 is 5.32 Å². The van der Waals surface area contributed by atoms with Crippen LogP contribution >= 0.6 is 0 Å². The van der Waals surface area contributed by atoms with Crippen LogP contribution in [0.1, 0.15) is 33.1 Å². The van der Waals surface area contributed by atoms with Gasteiger partial charge in [-0.3, -0.25) is 4.79 Å². The van der Waals surface area contributed by atoms with Gasteiger partial charge in [0.25, 0.3) is 0 Å². The summed E-state index contributed by atoms with van der Waals surface area (Å²) in [7, 11) is 0. The molecule has 2 fully saturated rings. The SMILES string of the molecule is CC(C)C(=O)N1CCC(C2CCNCC2)C1. The average Bonchev–Trinajstić information content (AvgIpc) is 2.78. The number of amides is 1. The zero-order chi connectivity index (χ0) is 11.5. The highest BCUT2D eigenvalue weighted by Gasteiger charge is 2.32. The summed E-state index contributed by atoms with van der Waals surface area (Å²) in [6, 6.07) is 0. The van der Waals surface area contributed by atoms with Crippen LogP contribution in [0, 0.1) is 17.8 Å². The Kier molecular flexibility index (Phi) is 3.85. The van der Waals surface area contributed by atoms with Gasteiger partial charge in [0.15, 0.2) is 0 Å². The number of nitrogens with one attached hydrogen (secondary N) is 1. The molecule has 0 spiro atoms. The molecule has 0 saturated carbocycles. The molecule has 1 amide bonds. The van der Waals surface area contributed by atoms with Gasteiger partial charge in [0, 0.05) is 19.0 Å². The Balaban J connectivity index is 1.85. The number of hydrogen-bond acceptors (Lipinski definition) is 2. The summed E-state index contributed by atoms with van der Waals surface area (Å²) in [5.41, 5.74) is 0. The maximum absolute atomic E-state index is 11.9. The summed E-state index contributed by atoms with van der Waals surface area (Å²) in [4.78, 5) is 14.0. The summed E-state index contributed by atoms with van der Waals surface area (Å²) in [6.07, 6.45) is 3.83. The molecule has 2 heterocycles. The fourth-order valence-corrected chi connectivity index (χ4v) is 3.05. The van der Waals surface area contributed by atoms with Crippen LogP contribution in [0.2, 0.25) is 0 Å². The highest BCUT2D eigenvalue weighted by atomic mass is 16.2. The van der Waals surface area contributed by atoms with Crippen LogP contribution in [0.15, 0.2) is 0 Å². The molecule has 1 atom stereocenters. The molecule has 2 aliphatic rings. The van der Waals surface area contributed by atoms with Crippen LogP contribution in [0.5, 0.6) is 0 Å². The van der Waals surface area contributed by atoms with E-state index in [-0.39, 0.29) is 5.92 Å². The quantitative estimate of drug-likeness (QED) is 0.771. The molecular formula is C13H24N2O. The highest BCUT2D eigenvalue weighted by molar-refractivity contribution is 5.78. The molecule has 2 aliphatic heterocycles. The van der Waals surface area contributed by atoms with E-state index in [1.54, 1.807) is 0 Å². The number of nitrogens with zero attached hydrogens (tertiary/aromatic N) is 1. The van der Waals surface area contributed by atoms with Gasteiger partial charge in [-0.25, -0.2) is 0 Å². The van der Waals surface area contributed by atoms with Gasteiger partial charge in [-0.15, -0.1) is 0 Å². The molecule has 3 nitrogen and oxygen atoms in total. The van der Waals surface area contributed by atoms with Gasteiger partial charge in [0.05, 0.1) is 0 Å². The Hall–Kier alpha value is -0.570. The molecule has 0 aromatic carbocycles. The van der Waals surface area contributed by atoms with Crippen molar-refractivity contribution >= 4 is 5.91 Å². The van der Waals surface area contributed by atoms with E-state index >= 15 is 0 Å². The Morgan fingerprint density at radius 1 is 1.19 bits per heavy atom. The van der Waals surface area contributed by atoms with E-state index in [9.17, 15) is 4.79 Å². The average molecular weight is 224 g/mol. The molecule has 0 aromatic rings. The van der Waals surface area contributed by atoms with Gasteiger partial charge < -0.3 is 10.2 Å². The standard InChI is InChI=1S/C13H24N2O/c1-10(2)13(16)15-8-5-12(9-15)11-3-6-14-7-4-11/h10-12,14H,3-9H2,1-2H3. The monoisotopic (exact) mass is 224 g/mol. The lowest BCUT2D eigenvalue weighted by Gasteiger charge is -2.28. The molecule has 2 saturated heterocycles. The molecule has 0 aliphatic carbocycles. The number of piperidine rings is 1. The van der Waals surface area contributed by atoms with E-state index in [0.29, 0.717) is 5.91 Å². The largest absolute Gasteiger partial charge is 0.342 e. The second-order valence-electron chi connectivity index (χ2n) is 5.58. The molecular weight excluding hydrogens is 200 g/mol. The lowest BCUT2D eigenvalue weighted by Crippen LogP contribution is -2.35. The van der Waals surface area contributed by atoms with Gasteiger partial charge >= 0.3 is 0 Å². The van der Waals surface area contributed by atoms with E-state index in [1.807, 2.05) is 13.8 Å². The van der Waals surface area contributed by atoms with Crippen molar-refractivity contribution in [3.8, 4) is 0 Å². The molecule has 1 N–H and O–H groups in total. The van der Waals surface area contributed by atoms with Gasteiger partial charge in [-0.05, 0) is 44.2 Å². The Morgan fingerprint density at radius 3 is 2.50 bits per heavy atom. The topological polar surface area (TPSA) is 32.3 Å². The smallest absolute Gasteiger partial charge is 0.225 e. The van der Waals surface area contributed by atoms with Crippen molar-refractivity contribution < 1.29 is 4.79 Å². The first-order chi connectivity index (χ1) is 7.68. The normalized spacial score (nSPS) is 27.7. The number of hydrogen-bond donors (Lipinski definition) is 1.